The van der Waals surface area contributed by atoms with Crippen LogP contribution in [0.4, 0.5) is 0 Å². The van der Waals surface area contributed by atoms with E-state index in [1.807, 2.05) is 6.92 Å². The van der Waals surface area contributed by atoms with E-state index in [1.54, 1.807) is 0 Å². The van der Waals surface area contributed by atoms with Gasteiger partial charge in [-0.2, -0.15) is 0 Å². The number of carbonyl (C=O) groups is 1. The maximum atomic E-state index is 10.6. The predicted molar refractivity (Wildman–Crippen MR) is 49.3 cm³/mol. The van der Waals surface area contributed by atoms with E-state index in [-0.39, 0.29) is 5.92 Å². The van der Waals surface area contributed by atoms with Crippen LogP contribution in [0.3, 0.4) is 0 Å². The maximum absolute atomic E-state index is 10.6. The molecule has 0 saturated heterocycles. The third-order valence-corrected chi connectivity index (χ3v) is 3.43. The van der Waals surface area contributed by atoms with Gasteiger partial charge in [0.25, 0.3) is 0 Å². The topological polar surface area (TPSA) is 57.5 Å². The highest BCUT2D eigenvalue weighted by molar-refractivity contribution is 5.72. The van der Waals surface area contributed by atoms with E-state index in [0.29, 0.717) is 11.8 Å². The molecule has 13 heavy (non-hydrogen) atoms. The van der Waals surface area contributed by atoms with Crippen LogP contribution in [0.2, 0.25) is 0 Å². The third kappa shape index (κ3) is 2.21. The van der Waals surface area contributed by atoms with Crippen molar-refractivity contribution in [3.8, 4) is 0 Å². The SMILES string of the molecule is CC1CCCC(C(O)C(=O)O)C1C. The van der Waals surface area contributed by atoms with Gasteiger partial charge in [0.15, 0.2) is 6.10 Å². The first kappa shape index (κ1) is 10.5. The van der Waals surface area contributed by atoms with Crippen molar-refractivity contribution in [3.63, 3.8) is 0 Å². The molecule has 3 nitrogen and oxygen atoms in total. The minimum absolute atomic E-state index is 0.0544. The maximum Gasteiger partial charge on any atom is 0.332 e. The molecule has 1 aliphatic rings. The summed E-state index contributed by atoms with van der Waals surface area (Å²) in [6, 6.07) is 0. The van der Waals surface area contributed by atoms with Crippen molar-refractivity contribution in [3.05, 3.63) is 0 Å². The lowest BCUT2D eigenvalue weighted by Crippen LogP contribution is -2.38. The quantitative estimate of drug-likeness (QED) is 0.687. The van der Waals surface area contributed by atoms with Gasteiger partial charge in [-0.1, -0.05) is 26.7 Å². The second kappa shape index (κ2) is 4.09. The molecule has 0 amide bonds. The Morgan fingerprint density at radius 2 is 2.00 bits per heavy atom. The van der Waals surface area contributed by atoms with Gasteiger partial charge in [-0.15, -0.1) is 0 Å². The summed E-state index contributed by atoms with van der Waals surface area (Å²) in [5.41, 5.74) is 0. The van der Waals surface area contributed by atoms with Crippen LogP contribution in [-0.2, 0) is 4.79 Å². The Bertz CT molecular complexity index is 191. The molecule has 3 heteroatoms. The number of aliphatic carboxylic acids is 1. The lowest BCUT2D eigenvalue weighted by Gasteiger charge is -2.35. The summed E-state index contributed by atoms with van der Waals surface area (Å²) in [5.74, 6) is -0.278. The second-order valence-electron chi connectivity index (χ2n) is 4.21. The van der Waals surface area contributed by atoms with E-state index in [4.69, 9.17) is 5.11 Å². The predicted octanol–water partition coefficient (Wildman–Crippen LogP) is 1.50. The minimum Gasteiger partial charge on any atom is -0.479 e. The number of hydrogen-bond donors (Lipinski definition) is 2. The van der Waals surface area contributed by atoms with Crippen molar-refractivity contribution in [1.29, 1.82) is 0 Å². The van der Waals surface area contributed by atoms with Crippen LogP contribution in [0, 0.1) is 17.8 Å². The van der Waals surface area contributed by atoms with Crippen molar-refractivity contribution < 1.29 is 15.0 Å². The molecule has 4 atom stereocenters. The summed E-state index contributed by atoms with van der Waals surface area (Å²) in [4.78, 5) is 10.6. The van der Waals surface area contributed by atoms with Crippen LogP contribution in [0.25, 0.3) is 0 Å². The number of rotatable bonds is 2. The molecule has 76 valence electrons. The number of aliphatic hydroxyl groups excluding tert-OH is 1. The highest BCUT2D eigenvalue weighted by Crippen LogP contribution is 2.36. The Balaban J connectivity index is 2.62. The molecular formula is C10H18O3. The normalized spacial score (nSPS) is 37.0. The third-order valence-electron chi connectivity index (χ3n) is 3.43. The second-order valence-corrected chi connectivity index (χ2v) is 4.21. The Hall–Kier alpha value is -0.570. The van der Waals surface area contributed by atoms with Crippen LogP contribution < -0.4 is 0 Å². The smallest absolute Gasteiger partial charge is 0.332 e. The van der Waals surface area contributed by atoms with E-state index in [1.165, 1.54) is 0 Å². The van der Waals surface area contributed by atoms with Crippen molar-refractivity contribution in [2.45, 2.75) is 39.2 Å². The van der Waals surface area contributed by atoms with Crippen LogP contribution in [0.1, 0.15) is 33.1 Å². The summed E-state index contributed by atoms with van der Waals surface area (Å²) < 4.78 is 0. The molecule has 1 rings (SSSR count). The highest BCUT2D eigenvalue weighted by atomic mass is 16.4. The zero-order valence-electron chi connectivity index (χ0n) is 8.23. The van der Waals surface area contributed by atoms with Crippen molar-refractivity contribution in [1.82, 2.24) is 0 Å². The summed E-state index contributed by atoms with van der Waals surface area (Å²) in [5, 5.41) is 18.1. The molecule has 1 saturated carbocycles. The first-order chi connectivity index (χ1) is 6.04. The zero-order chi connectivity index (χ0) is 10.0. The molecule has 2 N–H and O–H groups in total. The average Bonchev–Trinajstić information content (AvgIpc) is 2.08. The molecule has 0 aromatic carbocycles. The first-order valence-corrected chi connectivity index (χ1v) is 4.95. The van der Waals surface area contributed by atoms with Gasteiger partial charge in [0.05, 0.1) is 0 Å². The van der Waals surface area contributed by atoms with Crippen molar-refractivity contribution in [2.24, 2.45) is 17.8 Å². The molecule has 0 radical (unpaired) electrons. The number of carboxylic acids is 1. The van der Waals surface area contributed by atoms with Gasteiger partial charge in [0.1, 0.15) is 0 Å². The summed E-state index contributed by atoms with van der Waals surface area (Å²) in [6.07, 6.45) is 1.88. The number of carboxylic acid groups (broad SMARTS) is 1. The van der Waals surface area contributed by atoms with Gasteiger partial charge in [-0.05, 0) is 24.2 Å². The summed E-state index contributed by atoms with van der Waals surface area (Å²) >= 11 is 0. The van der Waals surface area contributed by atoms with Gasteiger partial charge >= 0.3 is 5.97 Å². The monoisotopic (exact) mass is 186 g/mol. The molecular weight excluding hydrogens is 168 g/mol. The lowest BCUT2D eigenvalue weighted by atomic mass is 9.71. The number of hydrogen-bond acceptors (Lipinski definition) is 2. The molecule has 1 aliphatic carbocycles. The Morgan fingerprint density at radius 1 is 1.38 bits per heavy atom. The molecule has 0 aliphatic heterocycles. The first-order valence-electron chi connectivity index (χ1n) is 4.95. The van der Waals surface area contributed by atoms with Crippen molar-refractivity contribution >= 4 is 5.97 Å². The fourth-order valence-electron chi connectivity index (χ4n) is 2.25. The van der Waals surface area contributed by atoms with Crippen LogP contribution in [-0.4, -0.2) is 22.3 Å². The molecule has 0 aromatic heterocycles. The molecule has 4 unspecified atom stereocenters. The van der Waals surface area contributed by atoms with E-state index >= 15 is 0 Å². The van der Waals surface area contributed by atoms with E-state index in [2.05, 4.69) is 6.92 Å². The Labute approximate surface area is 78.8 Å². The molecule has 0 heterocycles. The Kier molecular flexibility index (Phi) is 3.31. The van der Waals surface area contributed by atoms with Gasteiger partial charge in [0.2, 0.25) is 0 Å². The lowest BCUT2D eigenvalue weighted by molar-refractivity contribution is -0.152. The molecule has 1 fully saturated rings. The standard InChI is InChI=1S/C10H18O3/c1-6-4-3-5-8(7(6)2)9(11)10(12)13/h6-9,11H,3-5H2,1-2H3,(H,12,13). The van der Waals surface area contributed by atoms with Crippen LogP contribution in [0.5, 0.6) is 0 Å². The molecule has 0 bridgehead atoms. The summed E-state index contributed by atoms with van der Waals surface area (Å²) in [7, 11) is 0. The molecule has 0 aromatic rings. The van der Waals surface area contributed by atoms with Gasteiger partial charge < -0.3 is 10.2 Å². The fraction of sp³-hybridized carbons (Fsp3) is 0.900. The minimum atomic E-state index is -1.17. The van der Waals surface area contributed by atoms with E-state index in [9.17, 15) is 9.90 Å². The summed E-state index contributed by atoms with van der Waals surface area (Å²) in [6.45, 7) is 4.17. The van der Waals surface area contributed by atoms with E-state index in [0.717, 1.165) is 19.3 Å². The average molecular weight is 186 g/mol. The van der Waals surface area contributed by atoms with Crippen LogP contribution in [0.15, 0.2) is 0 Å². The Morgan fingerprint density at radius 3 is 2.54 bits per heavy atom. The zero-order valence-corrected chi connectivity index (χ0v) is 8.23. The van der Waals surface area contributed by atoms with Gasteiger partial charge in [-0.3, -0.25) is 0 Å². The highest BCUT2D eigenvalue weighted by Gasteiger charge is 2.35. The van der Waals surface area contributed by atoms with Crippen molar-refractivity contribution in [2.75, 3.05) is 0 Å². The number of aliphatic hydroxyl groups is 1. The molecule has 0 spiro atoms. The largest absolute Gasteiger partial charge is 0.479 e. The van der Waals surface area contributed by atoms with Crippen LogP contribution >= 0.6 is 0 Å². The van der Waals surface area contributed by atoms with Gasteiger partial charge in [0, 0.05) is 0 Å². The fourth-order valence-corrected chi connectivity index (χ4v) is 2.25. The van der Waals surface area contributed by atoms with E-state index < -0.39 is 12.1 Å². The van der Waals surface area contributed by atoms with Gasteiger partial charge in [-0.25, -0.2) is 4.79 Å².